The second kappa shape index (κ2) is 10.2. The van der Waals surface area contributed by atoms with E-state index in [2.05, 4.69) is 75.0 Å². The highest BCUT2D eigenvalue weighted by Gasteiger charge is 2.45. The number of anilines is 1. The van der Waals surface area contributed by atoms with Gasteiger partial charge in [0.25, 0.3) is 5.91 Å². The Balaban J connectivity index is 1.58. The molecule has 4 heteroatoms. The number of benzene rings is 4. The number of hydrogen-bond donors (Lipinski definition) is 0. The Hall–Kier alpha value is -4.57. The Labute approximate surface area is 236 Å². The summed E-state index contributed by atoms with van der Waals surface area (Å²) in [5.41, 5.74) is 10.8. The average molecular weight is 528 g/mol. The molecule has 40 heavy (non-hydrogen) atoms. The maximum absolute atomic E-state index is 14.0. The maximum Gasteiger partial charge on any atom is 0.259 e. The van der Waals surface area contributed by atoms with Gasteiger partial charge in [-0.3, -0.25) is 9.69 Å². The van der Waals surface area contributed by atoms with Crippen LogP contribution in [0.4, 0.5) is 5.69 Å². The highest BCUT2D eigenvalue weighted by molar-refractivity contribution is 6.11. The summed E-state index contributed by atoms with van der Waals surface area (Å²) >= 11 is 0. The quantitative estimate of drug-likeness (QED) is 0.229. The highest BCUT2D eigenvalue weighted by atomic mass is 16.5. The fourth-order valence-electron chi connectivity index (χ4n) is 6.33. The molecule has 4 nitrogen and oxygen atoms in total. The lowest BCUT2D eigenvalue weighted by Crippen LogP contribution is -2.34. The van der Waals surface area contributed by atoms with E-state index in [-0.39, 0.29) is 17.9 Å². The van der Waals surface area contributed by atoms with Gasteiger partial charge in [0, 0.05) is 17.2 Å². The monoisotopic (exact) mass is 527 g/mol. The van der Waals surface area contributed by atoms with E-state index in [1.54, 1.807) is 14.2 Å². The van der Waals surface area contributed by atoms with Crippen LogP contribution in [0, 0.1) is 12.8 Å². The first-order chi connectivity index (χ1) is 19.4. The topological polar surface area (TPSA) is 38.8 Å². The minimum Gasteiger partial charge on any atom is -0.497 e. The van der Waals surface area contributed by atoms with E-state index in [1.165, 1.54) is 22.3 Å². The number of hydrogen-bond acceptors (Lipinski definition) is 3. The molecule has 1 heterocycles. The SMILES string of the molecule is C=C(C)C(C1=C(c2ccc(OC)cc2)c2ccc(OC)cc2C1)[C@@H]1c2ccccc2C(=O)N1c1ccc(C)cc1. The molecule has 6 rings (SSSR count). The normalized spacial score (nSPS) is 16.6. The van der Waals surface area contributed by atoms with Crippen molar-refractivity contribution in [3.63, 3.8) is 0 Å². The lowest BCUT2D eigenvalue weighted by Gasteiger charge is -2.35. The number of rotatable bonds is 7. The van der Waals surface area contributed by atoms with E-state index in [1.807, 2.05) is 41.3 Å². The summed E-state index contributed by atoms with van der Waals surface area (Å²) in [5, 5.41) is 0. The summed E-state index contributed by atoms with van der Waals surface area (Å²) < 4.78 is 11.1. The van der Waals surface area contributed by atoms with Gasteiger partial charge in [0.05, 0.1) is 20.3 Å². The molecule has 0 spiro atoms. The number of methoxy groups -OCH3 is 2. The van der Waals surface area contributed by atoms with Gasteiger partial charge in [-0.25, -0.2) is 0 Å². The van der Waals surface area contributed by atoms with Gasteiger partial charge < -0.3 is 9.47 Å². The van der Waals surface area contributed by atoms with E-state index in [4.69, 9.17) is 9.47 Å². The third kappa shape index (κ3) is 4.21. The van der Waals surface area contributed by atoms with Gasteiger partial charge in [0.1, 0.15) is 11.5 Å². The first kappa shape index (κ1) is 25.7. The molecule has 200 valence electrons. The summed E-state index contributed by atoms with van der Waals surface area (Å²) in [4.78, 5) is 16.0. The summed E-state index contributed by atoms with van der Waals surface area (Å²) in [6, 6.07) is 30.6. The van der Waals surface area contributed by atoms with Crippen LogP contribution < -0.4 is 14.4 Å². The fraction of sp³-hybridized carbons (Fsp3) is 0.194. The molecule has 2 atom stereocenters. The zero-order chi connectivity index (χ0) is 28.0. The predicted octanol–water partition coefficient (Wildman–Crippen LogP) is 7.96. The van der Waals surface area contributed by atoms with Crippen LogP contribution in [0.2, 0.25) is 0 Å². The number of fused-ring (bicyclic) bond motifs is 2. The van der Waals surface area contributed by atoms with Crippen LogP contribution in [0.3, 0.4) is 0 Å². The number of aryl methyl sites for hydroxylation is 1. The Morgan fingerprint density at radius 3 is 2.23 bits per heavy atom. The first-order valence-corrected chi connectivity index (χ1v) is 13.6. The van der Waals surface area contributed by atoms with Crippen molar-refractivity contribution in [2.24, 2.45) is 5.92 Å². The molecule has 0 saturated heterocycles. The lowest BCUT2D eigenvalue weighted by molar-refractivity contribution is 0.0988. The maximum atomic E-state index is 14.0. The third-order valence-corrected chi connectivity index (χ3v) is 8.20. The number of amides is 1. The molecule has 1 unspecified atom stereocenters. The van der Waals surface area contributed by atoms with Crippen molar-refractivity contribution in [2.75, 3.05) is 19.1 Å². The van der Waals surface area contributed by atoms with Crippen molar-refractivity contribution < 1.29 is 14.3 Å². The van der Waals surface area contributed by atoms with Gasteiger partial charge in [0.2, 0.25) is 0 Å². The zero-order valence-corrected chi connectivity index (χ0v) is 23.4. The molecule has 0 saturated carbocycles. The highest BCUT2D eigenvalue weighted by Crippen LogP contribution is 2.52. The third-order valence-electron chi connectivity index (χ3n) is 8.20. The van der Waals surface area contributed by atoms with Crippen LogP contribution >= 0.6 is 0 Å². The number of carbonyl (C=O) groups is 1. The number of ether oxygens (including phenoxy) is 2. The smallest absolute Gasteiger partial charge is 0.259 e. The van der Waals surface area contributed by atoms with Gasteiger partial charge >= 0.3 is 0 Å². The predicted molar refractivity (Wildman–Crippen MR) is 161 cm³/mol. The molecule has 1 amide bonds. The molecule has 0 aromatic heterocycles. The molecule has 0 bridgehead atoms. The Morgan fingerprint density at radius 2 is 1.55 bits per heavy atom. The van der Waals surface area contributed by atoms with Gasteiger partial charge in [-0.05, 0) is 96.1 Å². The van der Waals surface area contributed by atoms with E-state index >= 15 is 0 Å². The van der Waals surface area contributed by atoms with E-state index in [0.29, 0.717) is 0 Å². The number of nitrogens with zero attached hydrogens (tertiary/aromatic N) is 1. The van der Waals surface area contributed by atoms with Crippen LogP contribution in [-0.2, 0) is 6.42 Å². The zero-order valence-electron chi connectivity index (χ0n) is 23.4. The second-order valence-electron chi connectivity index (χ2n) is 10.7. The van der Waals surface area contributed by atoms with Crippen molar-refractivity contribution in [1.29, 1.82) is 0 Å². The Kier molecular flexibility index (Phi) is 6.55. The lowest BCUT2D eigenvalue weighted by atomic mass is 9.79. The van der Waals surface area contributed by atoms with Crippen molar-refractivity contribution in [1.82, 2.24) is 0 Å². The molecular formula is C36H33NO3. The molecule has 4 aromatic rings. The molecule has 0 radical (unpaired) electrons. The van der Waals surface area contributed by atoms with Gasteiger partial charge in [-0.2, -0.15) is 0 Å². The summed E-state index contributed by atoms with van der Waals surface area (Å²) in [5.74, 6) is 1.57. The molecule has 1 aliphatic carbocycles. The van der Waals surface area contributed by atoms with Crippen LogP contribution in [-0.4, -0.2) is 20.1 Å². The van der Waals surface area contributed by atoms with Gasteiger partial charge in [-0.15, -0.1) is 0 Å². The van der Waals surface area contributed by atoms with Crippen molar-refractivity contribution >= 4 is 17.2 Å². The first-order valence-electron chi connectivity index (χ1n) is 13.6. The van der Waals surface area contributed by atoms with Crippen molar-refractivity contribution in [3.8, 4) is 11.5 Å². The van der Waals surface area contributed by atoms with Crippen LogP contribution in [0.15, 0.2) is 109 Å². The van der Waals surface area contributed by atoms with E-state index < -0.39 is 0 Å². The number of carbonyl (C=O) groups excluding carboxylic acids is 1. The van der Waals surface area contributed by atoms with Crippen LogP contribution in [0.1, 0.15) is 51.1 Å². The van der Waals surface area contributed by atoms with Crippen LogP contribution in [0.5, 0.6) is 11.5 Å². The molecular weight excluding hydrogens is 494 g/mol. The molecule has 0 N–H and O–H groups in total. The summed E-state index contributed by atoms with van der Waals surface area (Å²) in [6.07, 6.45) is 0.750. The van der Waals surface area contributed by atoms with E-state index in [9.17, 15) is 4.79 Å². The van der Waals surface area contributed by atoms with Gasteiger partial charge in [0.15, 0.2) is 0 Å². The minimum absolute atomic E-state index is 0.0273. The van der Waals surface area contributed by atoms with Crippen molar-refractivity contribution in [3.05, 3.63) is 142 Å². The van der Waals surface area contributed by atoms with E-state index in [0.717, 1.165) is 51.4 Å². The molecule has 4 aromatic carbocycles. The van der Waals surface area contributed by atoms with Crippen molar-refractivity contribution in [2.45, 2.75) is 26.3 Å². The fourth-order valence-corrected chi connectivity index (χ4v) is 6.33. The molecule has 2 aliphatic rings. The largest absolute Gasteiger partial charge is 0.497 e. The Morgan fingerprint density at radius 1 is 0.875 bits per heavy atom. The minimum atomic E-state index is -0.219. The average Bonchev–Trinajstić information content (AvgIpc) is 3.48. The Bertz CT molecular complexity index is 1650. The molecule has 1 aliphatic heterocycles. The van der Waals surface area contributed by atoms with Gasteiger partial charge in [-0.1, -0.05) is 66.2 Å². The molecule has 0 fully saturated rings. The summed E-state index contributed by atoms with van der Waals surface area (Å²) in [7, 11) is 3.38. The standard InChI is InChI=1S/C36H33NO3/c1-22(2)33(35-30-8-6-7-9-31(30)36(38)37(35)26-14-10-23(3)11-15-26)32-21-25-20-28(40-5)18-19-29(25)34(32)24-12-16-27(39-4)17-13-24/h6-20,33,35H,1,21H2,2-5H3/t33?,35-/m0/s1. The second-order valence-corrected chi connectivity index (χ2v) is 10.7. The van der Waals surface area contributed by atoms with Crippen LogP contribution in [0.25, 0.3) is 5.57 Å². The summed E-state index contributed by atoms with van der Waals surface area (Å²) in [6.45, 7) is 8.67.